The summed E-state index contributed by atoms with van der Waals surface area (Å²) in [6.45, 7) is 3.81. The molecule has 0 aromatic heterocycles. The molecule has 1 radical (unpaired) electrons. The van der Waals surface area contributed by atoms with Crippen LogP contribution in [-0.4, -0.2) is 24.7 Å². The standard InChI is InChI=1S/C5H5.Sn/c1-3-5-4-2;/h1,3,5H,2H2;. The van der Waals surface area contributed by atoms with Crippen LogP contribution in [0.25, 0.3) is 0 Å². The summed E-state index contributed by atoms with van der Waals surface area (Å²) in [5.41, 5.74) is 0. The fourth-order valence-electron chi connectivity index (χ4n) is 0.368. The summed E-state index contributed by atoms with van der Waals surface area (Å²) in [6, 6.07) is 0. The summed E-state index contributed by atoms with van der Waals surface area (Å²) in [5, 5.41) is 0. The third-order valence-electron chi connectivity index (χ3n) is 0.662. The van der Waals surface area contributed by atoms with Gasteiger partial charge >= 0.3 is 47.0 Å². The Morgan fingerprint density at radius 2 is 2.50 bits per heavy atom. The van der Waals surface area contributed by atoms with E-state index in [4.69, 9.17) is 0 Å². The van der Waals surface area contributed by atoms with E-state index in [0.717, 1.165) is 0 Å². The monoisotopic (exact) mass is 185 g/mol. The molecular weight excluding hydrogens is 179 g/mol. The van der Waals surface area contributed by atoms with Crippen molar-refractivity contribution in [2.75, 3.05) is 0 Å². The molecule has 0 saturated carbocycles. The van der Waals surface area contributed by atoms with Crippen molar-refractivity contribution in [1.29, 1.82) is 0 Å². The molecule has 1 heterocycles. The molecule has 29 valence electrons. The van der Waals surface area contributed by atoms with Crippen LogP contribution >= 0.6 is 0 Å². The number of hydrogen-bond donors (Lipinski definition) is 0. The Bertz CT molecular complexity index is 106. The minimum absolute atomic E-state index is 0.191. The molecule has 0 unspecified atom stereocenters. The fourth-order valence-corrected chi connectivity index (χ4v) is 2.08. The Kier molecular flexibility index (Phi) is 1.25. The van der Waals surface area contributed by atoms with Gasteiger partial charge < -0.3 is 0 Å². The van der Waals surface area contributed by atoms with Gasteiger partial charge in [0.25, 0.3) is 0 Å². The van der Waals surface area contributed by atoms with Crippen LogP contribution in [0.1, 0.15) is 0 Å². The Morgan fingerprint density at radius 1 is 1.67 bits per heavy atom. The summed E-state index contributed by atoms with van der Waals surface area (Å²) < 4.78 is 3.66. The summed E-state index contributed by atoms with van der Waals surface area (Å²) in [7, 11) is 0. The predicted molar refractivity (Wildman–Crippen MR) is 30.1 cm³/mol. The van der Waals surface area contributed by atoms with Crippen LogP contribution in [0.15, 0.2) is 22.3 Å². The molecule has 0 nitrogen and oxygen atoms in total. The maximum absolute atomic E-state index is 3.81. The van der Waals surface area contributed by atoms with Crippen molar-refractivity contribution in [1.82, 2.24) is 0 Å². The number of rotatable bonds is 0. The summed E-state index contributed by atoms with van der Waals surface area (Å²) >= 11 is -0.191. The molecule has 1 aliphatic rings. The van der Waals surface area contributed by atoms with Crippen molar-refractivity contribution in [3.8, 4) is 0 Å². The summed E-state index contributed by atoms with van der Waals surface area (Å²) in [6.07, 6.45) is 4.21. The fraction of sp³-hybridized carbons (Fsp3) is 0. The second-order valence-corrected chi connectivity index (χ2v) is 4.80. The average molecular weight is 184 g/mol. The molecule has 0 atom stereocenters. The third kappa shape index (κ3) is 0.805. The van der Waals surface area contributed by atoms with E-state index in [9.17, 15) is 0 Å². The molecule has 1 aliphatic heterocycles. The molecule has 0 spiro atoms. The molecular formula is C5H5Sn. The normalized spacial score (nSPS) is 17.0. The first-order valence-corrected chi connectivity index (χ1v) is 4.92. The molecule has 0 bridgehead atoms. The molecule has 0 fully saturated rings. The molecule has 0 saturated heterocycles. The first-order chi connectivity index (χ1) is 2.89. The Balaban J connectivity index is 2.86. The van der Waals surface area contributed by atoms with Crippen molar-refractivity contribution in [3.05, 3.63) is 22.3 Å². The van der Waals surface area contributed by atoms with E-state index in [0.29, 0.717) is 0 Å². The number of hydrogen-bond acceptors (Lipinski definition) is 0. The van der Waals surface area contributed by atoms with Crippen molar-refractivity contribution in [2.24, 2.45) is 0 Å². The van der Waals surface area contributed by atoms with Crippen molar-refractivity contribution in [2.45, 2.75) is 0 Å². The SMILES string of the molecule is C=[C]1C=C[CH]=[Sn]1. The van der Waals surface area contributed by atoms with Crippen LogP contribution in [0.3, 0.4) is 0 Å². The molecule has 6 heavy (non-hydrogen) atoms. The van der Waals surface area contributed by atoms with Gasteiger partial charge in [0, 0.05) is 0 Å². The molecule has 0 aromatic rings. The molecule has 1 heteroatoms. The predicted octanol–water partition coefficient (Wildman–Crippen LogP) is 0.576. The summed E-state index contributed by atoms with van der Waals surface area (Å²) in [5.74, 6) is 0. The second-order valence-electron chi connectivity index (χ2n) is 1.20. The van der Waals surface area contributed by atoms with E-state index >= 15 is 0 Å². The van der Waals surface area contributed by atoms with Crippen LogP contribution in [0.4, 0.5) is 0 Å². The van der Waals surface area contributed by atoms with Crippen molar-refractivity contribution in [3.63, 3.8) is 0 Å². The van der Waals surface area contributed by atoms with Crippen LogP contribution in [0.2, 0.25) is 0 Å². The van der Waals surface area contributed by atoms with Gasteiger partial charge in [0.1, 0.15) is 0 Å². The van der Waals surface area contributed by atoms with Crippen LogP contribution in [-0.2, 0) is 0 Å². The van der Waals surface area contributed by atoms with Gasteiger partial charge in [0.15, 0.2) is 0 Å². The van der Waals surface area contributed by atoms with E-state index in [2.05, 4.69) is 22.8 Å². The average Bonchev–Trinajstić information content (AvgIpc) is 1.86. The zero-order valence-electron chi connectivity index (χ0n) is 3.44. The van der Waals surface area contributed by atoms with Gasteiger partial charge in [-0.2, -0.15) is 0 Å². The zero-order valence-corrected chi connectivity index (χ0v) is 6.29. The Hall–Kier alpha value is 0.149. The maximum atomic E-state index is 3.81. The van der Waals surface area contributed by atoms with E-state index in [-0.39, 0.29) is 20.7 Å². The quantitative estimate of drug-likeness (QED) is 0.482. The molecule has 0 amide bonds. The van der Waals surface area contributed by atoms with Gasteiger partial charge in [-0.3, -0.25) is 0 Å². The van der Waals surface area contributed by atoms with Crippen LogP contribution in [0, 0.1) is 0 Å². The minimum atomic E-state index is -0.191. The topological polar surface area (TPSA) is 0 Å². The van der Waals surface area contributed by atoms with Crippen LogP contribution < -0.4 is 0 Å². The first kappa shape index (κ1) is 4.31. The third-order valence-corrected chi connectivity index (χ3v) is 3.22. The van der Waals surface area contributed by atoms with Gasteiger partial charge in [0.05, 0.1) is 0 Å². The summed E-state index contributed by atoms with van der Waals surface area (Å²) in [4.78, 5) is 0. The van der Waals surface area contributed by atoms with E-state index < -0.39 is 0 Å². The van der Waals surface area contributed by atoms with Gasteiger partial charge in [-0.05, 0) is 0 Å². The van der Waals surface area contributed by atoms with Crippen molar-refractivity contribution >= 4 is 24.7 Å². The van der Waals surface area contributed by atoms with Gasteiger partial charge in [-0.15, -0.1) is 0 Å². The van der Waals surface area contributed by atoms with Crippen LogP contribution in [0.5, 0.6) is 0 Å². The molecule has 0 aromatic carbocycles. The van der Waals surface area contributed by atoms with Gasteiger partial charge in [-0.25, -0.2) is 0 Å². The Labute approximate surface area is 47.3 Å². The van der Waals surface area contributed by atoms with E-state index in [1.807, 2.05) is 0 Å². The first-order valence-electron chi connectivity index (χ1n) is 1.85. The van der Waals surface area contributed by atoms with E-state index in [1.54, 1.807) is 0 Å². The molecule has 1 rings (SSSR count). The van der Waals surface area contributed by atoms with Gasteiger partial charge in [-0.1, -0.05) is 0 Å². The van der Waals surface area contributed by atoms with Gasteiger partial charge in [0.2, 0.25) is 0 Å². The second kappa shape index (κ2) is 1.73. The van der Waals surface area contributed by atoms with E-state index in [1.165, 1.54) is 3.59 Å². The number of allylic oxidation sites excluding steroid dienone is 3. The molecule has 0 aliphatic carbocycles. The zero-order chi connectivity index (χ0) is 4.41. The molecule has 0 N–H and O–H groups in total. The van der Waals surface area contributed by atoms with Crippen molar-refractivity contribution < 1.29 is 0 Å². The Morgan fingerprint density at radius 3 is 2.67 bits per heavy atom.